The number of nitrogens with zero attached hydrogens (tertiary/aromatic N) is 1. The SMILES string of the molecule is CC(C)NCc1cc(F)ccc1-c1ccncc1. The van der Waals surface area contributed by atoms with E-state index in [2.05, 4.69) is 24.1 Å². The van der Waals surface area contributed by atoms with Crippen LogP contribution in [0.15, 0.2) is 42.7 Å². The molecule has 0 saturated heterocycles. The lowest BCUT2D eigenvalue weighted by Gasteiger charge is -2.13. The Morgan fingerprint density at radius 3 is 2.56 bits per heavy atom. The van der Waals surface area contributed by atoms with Crippen LogP contribution in [0, 0.1) is 5.82 Å². The van der Waals surface area contributed by atoms with Gasteiger partial charge in [-0.25, -0.2) is 4.39 Å². The zero-order chi connectivity index (χ0) is 13.0. The molecule has 1 heterocycles. The van der Waals surface area contributed by atoms with Gasteiger partial charge in [-0.2, -0.15) is 0 Å². The van der Waals surface area contributed by atoms with Gasteiger partial charge in [-0.3, -0.25) is 4.98 Å². The molecule has 1 N–H and O–H groups in total. The van der Waals surface area contributed by atoms with Crippen molar-refractivity contribution >= 4 is 0 Å². The van der Waals surface area contributed by atoms with Gasteiger partial charge < -0.3 is 5.32 Å². The average molecular weight is 244 g/mol. The van der Waals surface area contributed by atoms with Crippen molar-refractivity contribution in [3.05, 3.63) is 54.1 Å². The molecule has 2 nitrogen and oxygen atoms in total. The normalized spacial score (nSPS) is 10.9. The number of hydrogen-bond acceptors (Lipinski definition) is 2. The van der Waals surface area contributed by atoms with Gasteiger partial charge in [0.1, 0.15) is 5.82 Å². The molecule has 0 atom stereocenters. The Morgan fingerprint density at radius 1 is 1.17 bits per heavy atom. The molecule has 0 bridgehead atoms. The molecule has 0 aliphatic carbocycles. The van der Waals surface area contributed by atoms with Gasteiger partial charge >= 0.3 is 0 Å². The molecule has 1 aromatic heterocycles. The smallest absolute Gasteiger partial charge is 0.123 e. The van der Waals surface area contributed by atoms with Crippen molar-refractivity contribution in [1.82, 2.24) is 10.3 Å². The summed E-state index contributed by atoms with van der Waals surface area (Å²) in [4.78, 5) is 4.00. The first-order valence-electron chi connectivity index (χ1n) is 6.09. The zero-order valence-corrected chi connectivity index (χ0v) is 10.7. The van der Waals surface area contributed by atoms with E-state index in [0.717, 1.165) is 16.7 Å². The Labute approximate surface area is 107 Å². The number of nitrogens with one attached hydrogen (secondary N) is 1. The van der Waals surface area contributed by atoms with Crippen molar-refractivity contribution in [2.75, 3.05) is 0 Å². The highest BCUT2D eigenvalue weighted by Gasteiger charge is 2.07. The molecule has 0 fully saturated rings. The number of benzene rings is 1. The van der Waals surface area contributed by atoms with E-state index < -0.39 is 0 Å². The minimum Gasteiger partial charge on any atom is -0.310 e. The Kier molecular flexibility index (Phi) is 4.05. The molecule has 2 rings (SSSR count). The summed E-state index contributed by atoms with van der Waals surface area (Å²) < 4.78 is 13.3. The molecule has 0 unspecified atom stereocenters. The maximum absolute atomic E-state index is 13.3. The monoisotopic (exact) mass is 244 g/mol. The molecular weight excluding hydrogens is 227 g/mol. The Hall–Kier alpha value is -1.74. The quantitative estimate of drug-likeness (QED) is 0.891. The van der Waals surface area contributed by atoms with Crippen molar-refractivity contribution in [3.63, 3.8) is 0 Å². The first kappa shape index (κ1) is 12.7. The van der Waals surface area contributed by atoms with Crippen molar-refractivity contribution < 1.29 is 4.39 Å². The van der Waals surface area contributed by atoms with Gasteiger partial charge in [0.2, 0.25) is 0 Å². The van der Waals surface area contributed by atoms with Crippen LogP contribution in [0.2, 0.25) is 0 Å². The molecule has 3 heteroatoms. The second-order valence-electron chi connectivity index (χ2n) is 4.57. The second kappa shape index (κ2) is 5.74. The Bertz CT molecular complexity index is 509. The van der Waals surface area contributed by atoms with Crippen LogP contribution in [-0.2, 0) is 6.54 Å². The highest BCUT2D eigenvalue weighted by atomic mass is 19.1. The molecule has 94 valence electrons. The Balaban J connectivity index is 2.35. The van der Waals surface area contributed by atoms with E-state index in [1.165, 1.54) is 6.07 Å². The summed E-state index contributed by atoms with van der Waals surface area (Å²) >= 11 is 0. The van der Waals surface area contributed by atoms with Crippen LogP contribution < -0.4 is 5.32 Å². The van der Waals surface area contributed by atoms with Crippen LogP contribution in [0.25, 0.3) is 11.1 Å². The molecule has 0 aliphatic heterocycles. The van der Waals surface area contributed by atoms with E-state index in [1.807, 2.05) is 18.2 Å². The maximum atomic E-state index is 13.3. The fourth-order valence-corrected chi connectivity index (χ4v) is 1.84. The van der Waals surface area contributed by atoms with Crippen molar-refractivity contribution in [2.24, 2.45) is 0 Å². The molecular formula is C15H17FN2. The van der Waals surface area contributed by atoms with Gasteiger partial charge in [-0.1, -0.05) is 19.9 Å². The van der Waals surface area contributed by atoms with Gasteiger partial charge in [-0.05, 0) is 41.0 Å². The summed E-state index contributed by atoms with van der Waals surface area (Å²) in [6.45, 7) is 4.81. The summed E-state index contributed by atoms with van der Waals surface area (Å²) in [6, 6.07) is 9.15. The van der Waals surface area contributed by atoms with Crippen molar-refractivity contribution in [3.8, 4) is 11.1 Å². The van der Waals surface area contributed by atoms with Crippen LogP contribution in [-0.4, -0.2) is 11.0 Å². The fourth-order valence-electron chi connectivity index (χ4n) is 1.84. The maximum Gasteiger partial charge on any atom is 0.123 e. The van der Waals surface area contributed by atoms with E-state index in [1.54, 1.807) is 18.5 Å². The summed E-state index contributed by atoms with van der Waals surface area (Å²) in [7, 11) is 0. The summed E-state index contributed by atoms with van der Waals surface area (Å²) in [5.74, 6) is -0.201. The third kappa shape index (κ3) is 3.14. The van der Waals surface area contributed by atoms with Gasteiger partial charge in [0.05, 0.1) is 0 Å². The number of hydrogen-bond donors (Lipinski definition) is 1. The summed E-state index contributed by atoms with van der Waals surface area (Å²) in [6.07, 6.45) is 3.50. The molecule has 0 amide bonds. The summed E-state index contributed by atoms with van der Waals surface area (Å²) in [5, 5.41) is 3.32. The predicted molar refractivity (Wildman–Crippen MR) is 71.6 cm³/mol. The van der Waals surface area contributed by atoms with Crippen molar-refractivity contribution in [2.45, 2.75) is 26.4 Å². The van der Waals surface area contributed by atoms with E-state index in [4.69, 9.17) is 0 Å². The first-order valence-corrected chi connectivity index (χ1v) is 6.09. The van der Waals surface area contributed by atoms with Crippen LogP contribution in [0.5, 0.6) is 0 Å². The molecule has 0 spiro atoms. The van der Waals surface area contributed by atoms with Crippen LogP contribution in [0.1, 0.15) is 19.4 Å². The number of pyridine rings is 1. The van der Waals surface area contributed by atoms with E-state index in [0.29, 0.717) is 12.6 Å². The second-order valence-corrected chi connectivity index (χ2v) is 4.57. The van der Waals surface area contributed by atoms with Gasteiger partial charge in [0, 0.05) is 25.0 Å². The van der Waals surface area contributed by atoms with Crippen molar-refractivity contribution in [1.29, 1.82) is 0 Å². The van der Waals surface area contributed by atoms with Crippen LogP contribution >= 0.6 is 0 Å². The first-order chi connectivity index (χ1) is 8.66. The molecule has 2 aromatic rings. The van der Waals surface area contributed by atoms with E-state index in [-0.39, 0.29) is 5.82 Å². The van der Waals surface area contributed by atoms with E-state index >= 15 is 0 Å². The minimum absolute atomic E-state index is 0.201. The average Bonchev–Trinajstić information content (AvgIpc) is 2.37. The number of halogens is 1. The minimum atomic E-state index is -0.201. The van der Waals surface area contributed by atoms with Crippen LogP contribution in [0.4, 0.5) is 4.39 Å². The molecule has 0 radical (unpaired) electrons. The van der Waals surface area contributed by atoms with Gasteiger partial charge in [0.25, 0.3) is 0 Å². The molecule has 18 heavy (non-hydrogen) atoms. The Morgan fingerprint density at radius 2 is 1.89 bits per heavy atom. The highest BCUT2D eigenvalue weighted by Crippen LogP contribution is 2.24. The third-order valence-electron chi connectivity index (χ3n) is 2.76. The van der Waals surface area contributed by atoms with Gasteiger partial charge in [-0.15, -0.1) is 0 Å². The fraction of sp³-hybridized carbons (Fsp3) is 0.267. The predicted octanol–water partition coefficient (Wildman–Crippen LogP) is 3.39. The zero-order valence-electron chi connectivity index (χ0n) is 10.7. The lowest BCUT2D eigenvalue weighted by atomic mass is 10.0. The molecule has 0 aliphatic rings. The standard InChI is InChI=1S/C15H17FN2/c1-11(2)18-10-13-9-14(16)3-4-15(13)12-5-7-17-8-6-12/h3-9,11,18H,10H2,1-2H3. The number of aromatic nitrogens is 1. The number of rotatable bonds is 4. The van der Waals surface area contributed by atoms with E-state index in [9.17, 15) is 4.39 Å². The third-order valence-corrected chi connectivity index (χ3v) is 2.76. The topological polar surface area (TPSA) is 24.9 Å². The molecule has 1 aromatic carbocycles. The largest absolute Gasteiger partial charge is 0.310 e. The van der Waals surface area contributed by atoms with Crippen LogP contribution in [0.3, 0.4) is 0 Å². The lowest BCUT2D eigenvalue weighted by Crippen LogP contribution is -2.22. The lowest BCUT2D eigenvalue weighted by molar-refractivity contribution is 0.582. The summed E-state index contributed by atoms with van der Waals surface area (Å²) in [5.41, 5.74) is 3.08. The molecule has 0 saturated carbocycles. The van der Waals surface area contributed by atoms with Gasteiger partial charge in [0.15, 0.2) is 0 Å². The highest BCUT2D eigenvalue weighted by molar-refractivity contribution is 5.66.